The molecule has 0 aromatic heterocycles. The van der Waals surface area contributed by atoms with Crippen LogP contribution in [0.4, 0.5) is 5.69 Å². The van der Waals surface area contributed by atoms with Gasteiger partial charge < -0.3 is 10.6 Å². The van der Waals surface area contributed by atoms with E-state index in [2.05, 4.69) is 0 Å². The summed E-state index contributed by atoms with van der Waals surface area (Å²) in [4.78, 5) is 14.1. The molecular weight excluding hydrogens is 307 g/mol. The number of carbonyl (C=O) groups is 1. The van der Waals surface area contributed by atoms with Gasteiger partial charge in [-0.2, -0.15) is 0 Å². The van der Waals surface area contributed by atoms with E-state index in [1.807, 2.05) is 31.2 Å². The maximum absolute atomic E-state index is 12.5. The Balaban J connectivity index is 2.26. The van der Waals surface area contributed by atoms with Crippen LogP contribution in [-0.4, -0.2) is 17.9 Å². The predicted molar refractivity (Wildman–Crippen MR) is 87.9 cm³/mol. The molecule has 3 nitrogen and oxygen atoms in total. The van der Waals surface area contributed by atoms with E-state index in [9.17, 15) is 4.79 Å². The fraction of sp³-hybridized carbons (Fsp3) is 0.188. The monoisotopic (exact) mass is 322 g/mol. The Morgan fingerprint density at radius 2 is 1.90 bits per heavy atom. The third kappa shape index (κ3) is 3.49. The number of benzene rings is 2. The van der Waals surface area contributed by atoms with Gasteiger partial charge in [0, 0.05) is 19.3 Å². The standard InChI is InChI=1S/C16H16Cl2N2O/c1-10-5-3-4-6-11(10)9-20(2)16(21)13-7-12(19)8-14(17)15(13)18/h3-8H,9,19H2,1-2H3. The van der Waals surface area contributed by atoms with Crippen LogP contribution in [0, 0.1) is 6.92 Å². The second kappa shape index (κ2) is 6.37. The summed E-state index contributed by atoms with van der Waals surface area (Å²) >= 11 is 12.1. The molecule has 0 unspecified atom stereocenters. The largest absolute Gasteiger partial charge is 0.399 e. The molecule has 0 aliphatic heterocycles. The molecule has 0 saturated carbocycles. The van der Waals surface area contributed by atoms with Crippen LogP contribution >= 0.6 is 23.2 Å². The van der Waals surface area contributed by atoms with Crippen LogP contribution in [0.1, 0.15) is 21.5 Å². The molecule has 0 fully saturated rings. The highest BCUT2D eigenvalue weighted by molar-refractivity contribution is 6.44. The van der Waals surface area contributed by atoms with E-state index in [0.29, 0.717) is 17.8 Å². The molecule has 0 aliphatic rings. The average Bonchev–Trinajstić information content (AvgIpc) is 2.44. The Hall–Kier alpha value is -1.71. The zero-order valence-corrected chi connectivity index (χ0v) is 13.4. The number of nitrogen functional groups attached to an aromatic ring is 1. The van der Waals surface area contributed by atoms with Crippen LogP contribution in [0.2, 0.25) is 10.0 Å². The second-order valence-corrected chi connectivity index (χ2v) is 5.74. The van der Waals surface area contributed by atoms with Gasteiger partial charge in [0.1, 0.15) is 0 Å². The molecule has 0 atom stereocenters. The third-order valence-electron chi connectivity index (χ3n) is 3.30. The molecule has 2 aromatic carbocycles. The number of halogens is 2. The van der Waals surface area contributed by atoms with Crippen molar-refractivity contribution in [1.29, 1.82) is 0 Å². The summed E-state index contributed by atoms with van der Waals surface area (Å²) in [6, 6.07) is 11.0. The SMILES string of the molecule is Cc1ccccc1CN(C)C(=O)c1cc(N)cc(Cl)c1Cl. The molecule has 2 N–H and O–H groups in total. The normalized spacial score (nSPS) is 10.5. The van der Waals surface area contributed by atoms with Crippen molar-refractivity contribution in [3.63, 3.8) is 0 Å². The highest BCUT2D eigenvalue weighted by Crippen LogP contribution is 2.29. The number of carbonyl (C=O) groups excluding carboxylic acids is 1. The van der Waals surface area contributed by atoms with Crippen molar-refractivity contribution < 1.29 is 4.79 Å². The first-order chi connectivity index (χ1) is 9.90. The second-order valence-electron chi connectivity index (χ2n) is 4.95. The first-order valence-corrected chi connectivity index (χ1v) is 7.20. The molecule has 0 spiro atoms. The van der Waals surface area contributed by atoms with Gasteiger partial charge in [-0.1, -0.05) is 47.5 Å². The average molecular weight is 323 g/mol. The number of nitrogens with zero attached hydrogens (tertiary/aromatic N) is 1. The van der Waals surface area contributed by atoms with Crippen molar-refractivity contribution >= 4 is 34.8 Å². The van der Waals surface area contributed by atoms with Crippen molar-refractivity contribution in [2.24, 2.45) is 0 Å². The van der Waals surface area contributed by atoms with Gasteiger partial charge in [-0.3, -0.25) is 4.79 Å². The Kier molecular flexibility index (Phi) is 4.76. The molecule has 110 valence electrons. The molecule has 2 aromatic rings. The summed E-state index contributed by atoms with van der Waals surface area (Å²) in [5.41, 5.74) is 8.68. The van der Waals surface area contributed by atoms with Gasteiger partial charge in [0.25, 0.3) is 5.91 Å². The summed E-state index contributed by atoms with van der Waals surface area (Å²) in [6.07, 6.45) is 0. The fourth-order valence-electron chi connectivity index (χ4n) is 2.09. The van der Waals surface area contributed by atoms with Gasteiger partial charge in [-0.05, 0) is 30.2 Å². The van der Waals surface area contributed by atoms with E-state index in [1.54, 1.807) is 18.0 Å². The predicted octanol–water partition coefficient (Wildman–Crippen LogP) is 4.16. The quantitative estimate of drug-likeness (QED) is 0.862. The smallest absolute Gasteiger partial charge is 0.255 e. The van der Waals surface area contributed by atoms with Crippen molar-refractivity contribution in [3.8, 4) is 0 Å². The van der Waals surface area contributed by atoms with Crippen LogP contribution in [0.15, 0.2) is 36.4 Å². The molecule has 2 rings (SSSR count). The lowest BCUT2D eigenvalue weighted by Crippen LogP contribution is -2.27. The summed E-state index contributed by atoms with van der Waals surface area (Å²) in [5.74, 6) is -0.211. The van der Waals surface area contributed by atoms with Gasteiger partial charge in [-0.25, -0.2) is 0 Å². The van der Waals surface area contributed by atoms with Crippen LogP contribution in [0.25, 0.3) is 0 Å². The molecule has 0 radical (unpaired) electrons. The highest BCUT2D eigenvalue weighted by Gasteiger charge is 2.18. The highest BCUT2D eigenvalue weighted by atomic mass is 35.5. The topological polar surface area (TPSA) is 46.3 Å². The van der Waals surface area contributed by atoms with Crippen molar-refractivity contribution in [3.05, 3.63) is 63.1 Å². The summed E-state index contributed by atoms with van der Waals surface area (Å²) in [7, 11) is 1.72. The first kappa shape index (κ1) is 15.7. The molecule has 0 aliphatic carbocycles. The zero-order chi connectivity index (χ0) is 15.6. The lowest BCUT2D eigenvalue weighted by molar-refractivity contribution is 0.0785. The van der Waals surface area contributed by atoms with Gasteiger partial charge in [0.2, 0.25) is 0 Å². The molecule has 1 amide bonds. The van der Waals surface area contributed by atoms with Crippen LogP contribution < -0.4 is 5.73 Å². The van der Waals surface area contributed by atoms with Crippen molar-refractivity contribution in [2.45, 2.75) is 13.5 Å². The number of aryl methyl sites for hydroxylation is 1. The molecular formula is C16H16Cl2N2O. The van der Waals surface area contributed by atoms with Gasteiger partial charge in [-0.15, -0.1) is 0 Å². The fourth-order valence-corrected chi connectivity index (χ4v) is 2.50. The van der Waals surface area contributed by atoms with E-state index in [1.165, 1.54) is 6.07 Å². The van der Waals surface area contributed by atoms with E-state index in [0.717, 1.165) is 11.1 Å². The van der Waals surface area contributed by atoms with Crippen molar-refractivity contribution in [2.75, 3.05) is 12.8 Å². The number of anilines is 1. The van der Waals surface area contributed by atoms with Crippen LogP contribution in [-0.2, 0) is 6.54 Å². The number of nitrogens with two attached hydrogens (primary N) is 1. The summed E-state index contributed by atoms with van der Waals surface area (Å²) in [6.45, 7) is 2.51. The lowest BCUT2D eigenvalue weighted by Gasteiger charge is -2.19. The van der Waals surface area contributed by atoms with E-state index in [4.69, 9.17) is 28.9 Å². The van der Waals surface area contributed by atoms with Gasteiger partial charge >= 0.3 is 0 Å². The first-order valence-electron chi connectivity index (χ1n) is 6.44. The summed E-state index contributed by atoms with van der Waals surface area (Å²) in [5, 5.41) is 0.511. The minimum absolute atomic E-state index is 0.211. The minimum Gasteiger partial charge on any atom is -0.399 e. The number of hydrogen-bond acceptors (Lipinski definition) is 2. The van der Waals surface area contributed by atoms with Crippen LogP contribution in [0.5, 0.6) is 0 Å². The number of hydrogen-bond donors (Lipinski definition) is 1. The zero-order valence-electron chi connectivity index (χ0n) is 11.9. The molecule has 0 bridgehead atoms. The molecule has 5 heteroatoms. The minimum atomic E-state index is -0.211. The Labute approximate surface area is 134 Å². The van der Waals surface area contributed by atoms with E-state index >= 15 is 0 Å². The van der Waals surface area contributed by atoms with Gasteiger partial charge in [0.15, 0.2) is 0 Å². The maximum Gasteiger partial charge on any atom is 0.255 e. The van der Waals surface area contributed by atoms with E-state index in [-0.39, 0.29) is 16.0 Å². The number of rotatable bonds is 3. The van der Waals surface area contributed by atoms with Crippen LogP contribution in [0.3, 0.4) is 0 Å². The molecule has 0 heterocycles. The molecule has 0 saturated heterocycles. The maximum atomic E-state index is 12.5. The van der Waals surface area contributed by atoms with Crippen molar-refractivity contribution in [1.82, 2.24) is 4.90 Å². The Morgan fingerprint density at radius 1 is 1.24 bits per heavy atom. The Bertz CT molecular complexity index is 686. The lowest BCUT2D eigenvalue weighted by atomic mass is 10.1. The van der Waals surface area contributed by atoms with Gasteiger partial charge in [0.05, 0.1) is 15.6 Å². The Morgan fingerprint density at radius 3 is 2.57 bits per heavy atom. The summed E-state index contributed by atoms with van der Waals surface area (Å²) < 4.78 is 0. The molecule has 21 heavy (non-hydrogen) atoms. The number of amides is 1. The third-order valence-corrected chi connectivity index (χ3v) is 4.10. The van der Waals surface area contributed by atoms with E-state index < -0.39 is 0 Å².